The second kappa shape index (κ2) is 7.54. The molecule has 0 radical (unpaired) electrons. The number of amides is 1. The predicted octanol–water partition coefficient (Wildman–Crippen LogP) is 4.63. The minimum Gasteiger partial charge on any atom is -0.315 e. The van der Waals surface area contributed by atoms with Gasteiger partial charge in [0.1, 0.15) is 10.0 Å². The van der Waals surface area contributed by atoms with Gasteiger partial charge in [0.2, 0.25) is 5.13 Å². The average molecular weight is 405 g/mol. The Morgan fingerprint density at radius 1 is 1.27 bits per heavy atom. The van der Waals surface area contributed by atoms with Crippen molar-refractivity contribution in [2.24, 2.45) is 5.92 Å². The summed E-state index contributed by atoms with van der Waals surface area (Å²) in [6, 6.07) is 3.97. The molecule has 1 aliphatic rings. The Morgan fingerprint density at radius 2 is 2.08 bits per heavy atom. The molecule has 4 heterocycles. The molecule has 0 bridgehead atoms. The van der Waals surface area contributed by atoms with Crippen LogP contribution in [0.3, 0.4) is 0 Å². The topological polar surface area (TPSA) is 59.8 Å². The zero-order valence-electron chi connectivity index (χ0n) is 14.7. The number of hydrogen-bond acceptors (Lipinski definition) is 6. The number of hydrogen-bond donors (Lipinski definition) is 1. The highest BCUT2D eigenvalue weighted by atomic mass is 32.2. The molecule has 3 aromatic rings. The lowest BCUT2D eigenvalue weighted by Crippen LogP contribution is -2.16. The lowest BCUT2D eigenvalue weighted by molar-refractivity contribution is 0.102. The largest absolute Gasteiger partial charge is 0.315 e. The van der Waals surface area contributed by atoms with E-state index in [2.05, 4.69) is 29.4 Å². The first-order chi connectivity index (χ1) is 12.6. The van der Waals surface area contributed by atoms with Crippen LogP contribution < -0.4 is 5.32 Å². The van der Waals surface area contributed by atoms with Gasteiger partial charge in [0.15, 0.2) is 0 Å². The van der Waals surface area contributed by atoms with Gasteiger partial charge in [-0.15, -0.1) is 21.5 Å². The number of carbonyl (C=O) groups excluding carboxylic acids is 1. The highest BCUT2D eigenvalue weighted by Gasteiger charge is 2.27. The standard InChI is InChI=1S/C18H20N4OS3/c1-11(2)9-14-20-21-18(26-14)19-16(23)15-12-5-8-24-10-13(12)25-17(15)22-6-3-4-7-22/h3-4,6-7,11H,5,8-10H2,1-2H3,(H,19,21,23). The average Bonchev–Trinajstić information content (AvgIpc) is 3.33. The van der Waals surface area contributed by atoms with Crippen LogP contribution in [0.1, 0.15) is 39.7 Å². The number of thioether (sulfide) groups is 1. The maximum Gasteiger partial charge on any atom is 0.260 e. The van der Waals surface area contributed by atoms with Crippen LogP contribution in [0.15, 0.2) is 24.5 Å². The van der Waals surface area contributed by atoms with E-state index in [9.17, 15) is 4.79 Å². The summed E-state index contributed by atoms with van der Waals surface area (Å²) < 4.78 is 2.03. The van der Waals surface area contributed by atoms with Crippen LogP contribution in [-0.2, 0) is 18.6 Å². The van der Waals surface area contributed by atoms with Gasteiger partial charge in [0.25, 0.3) is 5.91 Å². The van der Waals surface area contributed by atoms with Crippen molar-refractivity contribution in [1.82, 2.24) is 14.8 Å². The van der Waals surface area contributed by atoms with Gasteiger partial charge in [0.05, 0.1) is 5.56 Å². The van der Waals surface area contributed by atoms with Crippen molar-refractivity contribution in [3.05, 3.63) is 45.5 Å². The highest BCUT2D eigenvalue weighted by molar-refractivity contribution is 7.98. The molecule has 0 atom stereocenters. The molecule has 136 valence electrons. The second-order valence-electron chi connectivity index (χ2n) is 6.63. The van der Waals surface area contributed by atoms with Crippen molar-refractivity contribution in [2.45, 2.75) is 32.4 Å². The summed E-state index contributed by atoms with van der Waals surface area (Å²) in [5.74, 6) is 2.49. The molecule has 5 nitrogen and oxygen atoms in total. The number of aromatic nitrogens is 3. The maximum atomic E-state index is 13.1. The third-order valence-corrected chi connectivity index (χ3v) is 7.41. The molecule has 0 saturated heterocycles. The monoisotopic (exact) mass is 404 g/mol. The van der Waals surface area contributed by atoms with E-state index >= 15 is 0 Å². The van der Waals surface area contributed by atoms with Crippen molar-refractivity contribution in [1.29, 1.82) is 0 Å². The number of nitrogens with one attached hydrogen (secondary N) is 1. The molecule has 1 aliphatic heterocycles. The Labute approximate surface area is 164 Å². The molecule has 1 N–H and O–H groups in total. The van der Waals surface area contributed by atoms with Gasteiger partial charge in [-0.1, -0.05) is 25.2 Å². The van der Waals surface area contributed by atoms with Gasteiger partial charge in [-0.3, -0.25) is 10.1 Å². The lowest BCUT2D eigenvalue weighted by Gasteiger charge is -2.12. The molecular weight excluding hydrogens is 384 g/mol. The molecular formula is C18H20N4OS3. The first-order valence-corrected chi connectivity index (χ1v) is 11.4. The quantitative estimate of drug-likeness (QED) is 0.673. The van der Waals surface area contributed by atoms with Gasteiger partial charge < -0.3 is 4.57 Å². The fourth-order valence-corrected chi connectivity index (χ4v) is 6.39. The zero-order chi connectivity index (χ0) is 18.1. The van der Waals surface area contributed by atoms with E-state index in [-0.39, 0.29) is 5.91 Å². The third-order valence-electron chi connectivity index (χ3n) is 4.14. The Bertz CT molecular complexity index is 911. The normalized spacial score (nSPS) is 13.8. The summed E-state index contributed by atoms with van der Waals surface area (Å²) in [6.07, 6.45) is 5.81. The molecule has 0 fully saturated rings. The highest BCUT2D eigenvalue weighted by Crippen LogP contribution is 2.38. The first kappa shape index (κ1) is 17.8. The number of thiophene rings is 1. The van der Waals surface area contributed by atoms with E-state index in [4.69, 9.17) is 0 Å². The van der Waals surface area contributed by atoms with E-state index in [0.717, 1.165) is 39.9 Å². The molecule has 8 heteroatoms. The number of nitrogens with zero attached hydrogens (tertiary/aromatic N) is 3. The van der Waals surface area contributed by atoms with Crippen molar-refractivity contribution in [2.75, 3.05) is 11.1 Å². The van der Waals surface area contributed by atoms with Crippen LogP contribution in [0.2, 0.25) is 0 Å². The van der Waals surface area contributed by atoms with Crippen molar-refractivity contribution in [3.63, 3.8) is 0 Å². The van der Waals surface area contributed by atoms with E-state index in [1.807, 2.05) is 40.9 Å². The lowest BCUT2D eigenvalue weighted by atomic mass is 10.1. The van der Waals surface area contributed by atoms with Crippen molar-refractivity contribution in [3.8, 4) is 5.00 Å². The minimum absolute atomic E-state index is 0.0784. The SMILES string of the molecule is CC(C)Cc1nnc(NC(=O)c2c(-n3cccc3)sc3c2CCSC3)s1. The molecule has 4 rings (SSSR count). The van der Waals surface area contributed by atoms with Crippen LogP contribution >= 0.6 is 34.4 Å². The van der Waals surface area contributed by atoms with E-state index in [0.29, 0.717) is 11.0 Å². The molecule has 1 amide bonds. The van der Waals surface area contributed by atoms with Gasteiger partial charge >= 0.3 is 0 Å². The van der Waals surface area contributed by atoms with E-state index < -0.39 is 0 Å². The van der Waals surface area contributed by atoms with Crippen LogP contribution in [-0.4, -0.2) is 26.4 Å². The third kappa shape index (κ3) is 3.58. The fraction of sp³-hybridized carbons (Fsp3) is 0.389. The van der Waals surface area contributed by atoms with Crippen LogP contribution in [0, 0.1) is 5.92 Å². The summed E-state index contributed by atoms with van der Waals surface area (Å²) in [5.41, 5.74) is 1.99. The Morgan fingerprint density at radius 3 is 2.85 bits per heavy atom. The number of anilines is 1. The maximum absolute atomic E-state index is 13.1. The molecule has 0 saturated carbocycles. The number of fused-ring (bicyclic) bond motifs is 1. The second-order valence-corrected chi connectivity index (χ2v) is 9.88. The number of rotatable bonds is 5. The summed E-state index contributed by atoms with van der Waals surface area (Å²) in [5, 5.41) is 13.9. The summed E-state index contributed by atoms with van der Waals surface area (Å²) in [7, 11) is 0. The molecule has 0 aromatic carbocycles. The Balaban J connectivity index is 1.65. The Hall–Kier alpha value is -1.64. The van der Waals surface area contributed by atoms with Crippen LogP contribution in [0.25, 0.3) is 5.00 Å². The van der Waals surface area contributed by atoms with Gasteiger partial charge in [-0.25, -0.2) is 0 Å². The molecule has 0 aliphatic carbocycles. The van der Waals surface area contributed by atoms with Crippen molar-refractivity contribution >= 4 is 45.5 Å². The zero-order valence-corrected chi connectivity index (χ0v) is 17.1. The van der Waals surface area contributed by atoms with Crippen LogP contribution in [0.5, 0.6) is 0 Å². The number of carbonyl (C=O) groups is 1. The van der Waals surface area contributed by atoms with Gasteiger partial charge in [0, 0.05) is 29.4 Å². The summed E-state index contributed by atoms with van der Waals surface area (Å²) >= 11 is 5.12. The minimum atomic E-state index is -0.0784. The smallest absolute Gasteiger partial charge is 0.260 e. The van der Waals surface area contributed by atoms with E-state index in [1.165, 1.54) is 21.8 Å². The molecule has 3 aromatic heterocycles. The van der Waals surface area contributed by atoms with Gasteiger partial charge in [-0.05, 0) is 35.8 Å². The van der Waals surface area contributed by atoms with Crippen LogP contribution in [0.4, 0.5) is 5.13 Å². The molecule has 0 unspecified atom stereocenters. The predicted molar refractivity (Wildman–Crippen MR) is 110 cm³/mol. The fourth-order valence-electron chi connectivity index (χ4n) is 3.00. The summed E-state index contributed by atoms with van der Waals surface area (Å²) in [4.78, 5) is 14.4. The van der Waals surface area contributed by atoms with Crippen molar-refractivity contribution < 1.29 is 4.79 Å². The van der Waals surface area contributed by atoms with Gasteiger partial charge in [-0.2, -0.15) is 11.8 Å². The molecule has 26 heavy (non-hydrogen) atoms. The first-order valence-electron chi connectivity index (χ1n) is 8.61. The summed E-state index contributed by atoms with van der Waals surface area (Å²) in [6.45, 7) is 4.30. The Kier molecular flexibility index (Phi) is 5.15. The molecule has 0 spiro atoms. The van der Waals surface area contributed by atoms with E-state index in [1.54, 1.807) is 11.3 Å².